The summed E-state index contributed by atoms with van der Waals surface area (Å²) in [6.45, 7) is 0. The topological polar surface area (TPSA) is 42.9 Å². The van der Waals surface area contributed by atoms with Crippen LogP contribution in [0.5, 0.6) is 0 Å². The lowest BCUT2D eigenvalue weighted by atomic mass is 10.2. The number of halogens is 1. The molecule has 0 aliphatic heterocycles. The molecular weight excluding hydrogens is 276 g/mol. The van der Waals surface area contributed by atoms with E-state index in [2.05, 4.69) is 25.9 Å². The Bertz CT molecular complexity index is 453. The van der Waals surface area contributed by atoms with Gasteiger partial charge in [0.15, 0.2) is 5.78 Å². The predicted octanol–water partition coefficient (Wildman–Crippen LogP) is 2.73. The summed E-state index contributed by atoms with van der Waals surface area (Å²) < 4.78 is 0.869. The molecule has 0 N–H and O–H groups in total. The van der Waals surface area contributed by atoms with Crippen molar-refractivity contribution in [2.24, 2.45) is 0 Å². The highest BCUT2D eigenvalue weighted by atomic mass is 79.9. The Labute approximate surface area is 99.3 Å². The zero-order chi connectivity index (χ0) is 10.7. The first-order chi connectivity index (χ1) is 7.25. The van der Waals surface area contributed by atoms with Crippen LogP contribution in [0.4, 0.5) is 0 Å². The molecule has 0 unspecified atom stereocenters. The number of thiazole rings is 1. The predicted molar refractivity (Wildman–Crippen MR) is 62.1 cm³/mol. The Kier molecular flexibility index (Phi) is 3.23. The third kappa shape index (κ3) is 2.70. The minimum Gasteiger partial charge on any atom is -0.292 e. The summed E-state index contributed by atoms with van der Waals surface area (Å²) in [5, 5.41) is 2.68. The summed E-state index contributed by atoms with van der Waals surface area (Å²) in [6, 6.07) is 3.52. The second kappa shape index (κ2) is 4.63. The molecule has 0 spiro atoms. The quantitative estimate of drug-likeness (QED) is 0.813. The molecule has 0 saturated heterocycles. The Balaban J connectivity index is 2.11. The van der Waals surface area contributed by atoms with Crippen molar-refractivity contribution in [3.63, 3.8) is 0 Å². The molecule has 0 bridgehead atoms. The largest absolute Gasteiger partial charge is 0.292 e. The fourth-order valence-corrected chi connectivity index (χ4v) is 1.96. The van der Waals surface area contributed by atoms with Crippen LogP contribution >= 0.6 is 27.3 Å². The maximum absolute atomic E-state index is 11.7. The van der Waals surface area contributed by atoms with Gasteiger partial charge in [-0.1, -0.05) is 0 Å². The van der Waals surface area contributed by atoms with Gasteiger partial charge in [0.1, 0.15) is 10.7 Å². The van der Waals surface area contributed by atoms with Crippen molar-refractivity contribution >= 4 is 33.0 Å². The molecule has 2 aromatic rings. The van der Waals surface area contributed by atoms with E-state index in [1.165, 1.54) is 11.3 Å². The molecule has 15 heavy (non-hydrogen) atoms. The van der Waals surface area contributed by atoms with Gasteiger partial charge >= 0.3 is 0 Å². The van der Waals surface area contributed by atoms with Crippen LogP contribution in [0.3, 0.4) is 0 Å². The molecule has 5 heteroatoms. The van der Waals surface area contributed by atoms with Crippen molar-refractivity contribution in [2.45, 2.75) is 6.42 Å². The molecule has 3 nitrogen and oxygen atoms in total. The van der Waals surface area contributed by atoms with E-state index >= 15 is 0 Å². The molecule has 0 radical (unpaired) electrons. The monoisotopic (exact) mass is 282 g/mol. The number of Topliss-reactive ketones (excluding diaryl/α,β-unsaturated/α-hetero) is 1. The fraction of sp³-hybridized carbons (Fsp3) is 0.100. The van der Waals surface area contributed by atoms with Crippen LogP contribution in [-0.4, -0.2) is 15.8 Å². The first kappa shape index (κ1) is 10.4. The van der Waals surface area contributed by atoms with Crippen molar-refractivity contribution in [2.75, 3.05) is 0 Å². The molecule has 2 aromatic heterocycles. The number of hydrogen-bond acceptors (Lipinski definition) is 4. The zero-order valence-corrected chi connectivity index (χ0v) is 10.1. The van der Waals surface area contributed by atoms with Gasteiger partial charge in [0, 0.05) is 22.2 Å². The van der Waals surface area contributed by atoms with Gasteiger partial charge in [-0.05, 0) is 28.1 Å². The molecule has 0 aromatic carbocycles. The summed E-state index contributed by atoms with van der Waals surface area (Å²) >= 11 is 4.75. The van der Waals surface area contributed by atoms with Crippen LogP contribution < -0.4 is 0 Å². The Morgan fingerprint density at radius 2 is 2.27 bits per heavy atom. The number of carbonyl (C=O) groups is 1. The lowest BCUT2D eigenvalue weighted by molar-refractivity contribution is 0.0988. The number of hydrogen-bond donors (Lipinski definition) is 0. The van der Waals surface area contributed by atoms with Crippen molar-refractivity contribution in [3.05, 3.63) is 45.1 Å². The number of rotatable bonds is 3. The van der Waals surface area contributed by atoms with E-state index in [-0.39, 0.29) is 5.78 Å². The standard InChI is InChI=1S/C10H7BrN2OS/c11-7-1-2-8(13-6-7)9(14)5-10-12-3-4-15-10/h1-4,6H,5H2. The number of carbonyl (C=O) groups excluding carboxylic acids is 1. The van der Waals surface area contributed by atoms with Gasteiger partial charge in [0.05, 0.1) is 6.42 Å². The molecule has 0 amide bonds. The second-order valence-corrected chi connectivity index (χ2v) is 4.78. The third-order valence-electron chi connectivity index (χ3n) is 1.81. The highest BCUT2D eigenvalue weighted by Crippen LogP contribution is 2.11. The number of pyridine rings is 1. The second-order valence-electron chi connectivity index (χ2n) is 2.89. The van der Waals surface area contributed by atoms with Crippen LogP contribution in [0.2, 0.25) is 0 Å². The zero-order valence-electron chi connectivity index (χ0n) is 7.68. The maximum atomic E-state index is 11.7. The van der Waals surface area contributed by atoms with Crippen LogP contribution in [0.25, 0.3) is 0 Å². The van der Waals surface area contributed by atoms with E-state index in [1.54, 1.807) is 18.5 Å². The molecule has 2 heterocycles. The fourth-order valence-electron chi connectivity index (χ4n) is 1.11. The average molecular weight is 283 g/mol. The number of ketones is 1. The molecule has 0 saturated carbocycles. The highest BCUT2D eigenvalue weighted by Gasteiger charge is 2.09. The number of nitrogens with zero attached hydrogens (tertiary/aromatic N) is 2. The van der Waals surface area contributed by atoms with Gasteiger partial charge < -0.3 is 0 Å². The van der Waals surface area contributed by atoms with Crippen LogP contribution in [0.1, 0.15) is 15.5 Å². The van der Waals surface area contributed by atoms with Crippen molar-refractivity contribution in [1.82, 2.24) is 9.97 Å². The minimum atomic E-state index is -0.00236. The van der Waals surface area contributed by atoms with Crippen molar-refractivity contribution in [1.29, 1.82) is 0 Å². The molecule has 2 rings (SSSR count). The summed E-state index contributed by atoms with van der Waals surface area (Å²) in [5.74, 6) is -0.00236. The molecule has 0 fully saturated rings. The van der Waals surface area contributed by atoms with Crippen LogP contribution in [0, 0.1) is 0 Å². The minimum absolute atomic E-state index is 0.00236. The van der Waals surface area contributed by atoms with E-state index < -0.39 is 0 Å². The van der Waals surface area contributed by atoms with Crippen LogP contribution in [-0.2, 0) is 6.42 Å². The Morgan fingerprint density at radius 1 is 1.40 bits per heavy atom. The van der Waals surface area contributed by atoms with Crippen molar-refractivity contribution in [3.8, 4) is 0 Å². The summed E-state index contributed by atoms with van der Waals surface area (Å²) in [5.41, 5.74) is 0.480. The first-order valence-electron chi connectivity index (χ1n) is 4.29. The Hall–Kier alpha value is -1.07. The van der Waals surface area contributed by atoms with Gasteiger partial charge in [0.2, 0.25) is 0 Å². The molecule has 0 aliphatic carbocycles. The molecule has 0 aliphatic rings. The van der Waals surface area contributed by atoms with E-state index in [1.807, 2.05) is 11.4 Å². The molecule has 76 valence electrons. The van der Waals surface area contributed by atoms with Gasteiger partial charge in [-0.25, -0.2) is 4.98 Å². The van der Waals surface area contributed by atoms with Crippen molar-refractivity contribution < 1.29 is 4.79 Å². The van der Waals surface area contributed by atoms with E-state index in [0.29, 0.717) is 12.1 Å². The summed E-state index contributed by atoms with van der Waals surface area (Å²) in [4.78, 5) is 19.8. The van der Waals surface area contributed by atoms with Gasteiger partial charge in [-0.15, -0.1) is 11.3 Å². The van der Waals surface area contributed by atoms with Gasteiger partial charge in [-0.3, -0.25) is 9.78 Å². The summed E-state index contributed by atoms with van der Waals surface area (Å²) in [6.07, 6.45) is 3.64. The Morgan fingerprint density at radius 3 is 2.87 bits per heavy atom. The van der Waals surface area contributed by atoms with E-state index in [4.69, 9.17) is 0 Å². The van der Waals surface area contributed by atoms with Gasteiger partial charge in [-0.2, -0.15) is 0 Å². The van der Waals surface area contributed by atoms with Crippen LogP contribution in [0.15, 0.2) is 34.4 Å². The highest BCUT2D eigenvalue weighted by molar-refractivity contribution is 9.10. The first-order valence-corrected chi connectivity index (χ1v) is 5.96. The van der Waals surface area contributed by atoms with E-state index in [0.717, 1.165) is 9.48 Å². The average Bonchev–Trinajstić information content (AvgIpc) is 2.71. The lowest BCUT2D eigenvalue weighted by Gasteiger charge is -1.97. The summed E-state index contributed by atoms with van der Waals surface area (Å²) in [7, 11) is 0. The number of aromatic nitrogens is 2. The smallest absolute Gasteiger partial charge is 0.187 e. The lowest BCUT2D eigenvalue weighted by Crippen LogP contribution is -2.05. The third-order valence-corrected chi connectivity index (χ3v) is 3.06. The molecule has 0 atom stereocenters. The normalized spacial score (nSPS) is 10.2. The molecular formula is C10H7BrN2OS. The maximum Gasteiger partial charge on any atom is 0.187 e. The van der Waals surface area contributed by atoms with Gasteiger partial charge in [0.25, 0.3) is 0 Å². The van der Waals surface area contributed by atoms with E-state index in [9.17, 15) is 4.79 Å². The SMILES string of the molecule is O=C(Cc1nccs1)c1ccc(Br)cn1.